The van der Waals surface area contributed by atoms with Gasteiger partial charge in [0, 0.05) is 13.0 Å². The number of hydrogen-bond acceptors (Lipinski definition) is 4. The van der Waals surface area contributed by atoms with Crippen LogP contribution in [0.2, 0.25) is 0 Å². The van der Waals surface area contributed by atoms with Crippen LogP contribution in [0.15, 0.2) is 4.42 Å². The van der Waals surface area contributed by atoms with Crippen molar-refractivity contribution < 1.29 is 4.42 Å². The maximum absolute atomic E-state index is 5.19. The van der Waals surface area contributed by atoms with E-state index < -0.39 is 0 Å². The summed E-state index contributed by atoms with van der Waals surface area (Å²) < 4.78 is 5.19. The maximum atomic E-state index is 5.19. The lowest BCUT2D eigenvalue weighted by atomic mass is 10.3. The van der Waals surface area contributed by atoms with Crippen molar-refractivity contribution in [2.45, 2.75) is 39.8 Å². The van der Waals surface area contributed by atoms with Gasteiger partial charge in [0.2, 0.25) is 11.8 Å². The van der Waals surface area contributed by atoms with Gasteiger partial charge in [-0.1, -0.05) is 6.92 Å². The average Bonchev–Trinajstić information content (AvgIpc) is 2.47. The molecule has 0 aliphatic carbocycles. The highest BCUT2D eigenvalue weighted by atomic mass is 16.4. The van der Waals surface area contributed by atoms with E-state index in [9.17, 15) is 0 Å². The molecule has 1 heterocycles. The van der Waals surface area contributed by atoms with Crippen LogP contribution in [0, 0.1) is 6.92 Å². The van der Waals surface area contributed by atoms with Crippen LogP contribution in [0.3, 0.4) is 0 Å². The Hall–Kier alpha value is -0.900. The van der Waals surface area contributed by atoms with E-state index in [0.717, 1.165) is 6.42 Å². The normalized spacial score (nSPS) is 13.2. The first-order valence-corrected chi connectivity index (χ1v) is 4.24. The van der Waals surface area contributed by atoms with Crippen LogP contribution in [0.25, 0.3) is 0 Å². The molecule has 1 aromatic heterocycles. The summed E-state index contributed by atoms with van der Waals surface area (Å²) in [6.07, 6.45) is 1.10. The van der Waals surface area contributed by atoms with Crippen LogP contribution in [0.4, 0.5) is 0 Å². The van der Waals surface area contributed by atoms with E-state index in [1.807, 2.05) is 0 Å². The van der Waals surface area contributed by atoms with Gasteiger partial charge in [-0.3, -0.25) is 0 Å². The molecule has 4 heteroatoms. The van der Waals surface area contributed by atoms with E-state index >= 15 is 0 Å². The molecule has 0 saturated carbocycles. The predicted molar refractivity (Wildman–Crippen MR) is 45.6 cm³/mol. The molecule has 0 aliphatic heterocycles. The zero-order chi connectivity index (χ0) is 8.97. The molecule has 12 heavy (non-hydrogen) atoms. The van der Waals surface area contributed by atoms with Crippen LogP contribution in [0.1, 0.15) is 32.0 Å². The molecule has 0 spiro atoms. The fraction of sp³-hybridized carbons (Fsp3) is 0.750. The van der Waals surface area contributed by atoms with Gasteiger partial charge in [-0.15, -0.1) is 10.2 Å². The molecule has 1 rings (SSSR count). The first-order chi connectivity index (χ1) is 5.72. The molecule has 1 aromatic rings. The lowest BCUT2D eigenvalue weighted by Crippen LogP contribution is -2.24. The van der Waals surface area contributed by atoms with Gasteiger partial charge in [0.25, 0.3) is 0 Å². The highest BCUT2D eigenvalue weighted by molar-refractivity contribution is 4.78. The van der Waals surface area contributed by atoms with E-state index in [1.165, 1.54) is 0 Å². The molecule has 1 unspecified atom stereocenters. The third kappa shape index (κ3) is 2.62. The molecule has 0 amide bonds. The van der Waals surface area contributed by atoms with Crippen molar-refractivity contribution >= 4 is 0 Å². The Morgan fingerprint density at radius 3 is 2.75 bits per heavy atom. The number of aryl methyl sites for hydroxylation is 1. The number of nitrogens with one attached hydrogen (secondary N) is 1. The molecule has 0 aromatic carbocycles. The summed E-state index contributed by atoms with van der Waals surface area (Å²) in [5.41, 5.74) is 0. The molecule has 1 atom stereocenters. The van der Waals surface area contributed by atoms with E-state index in [1.54, 1.807) is 6.92 Å². The summed E-state index contributed by atoms with van der Waals surface area (Å²) in [4.78, 5) is 0. The van der Waals surface area contributed by atoms with E-state index in [0.29, 0.717) is 24.4 Å². The highest BCUT2D eigenvalue weighted by Crippen LogP contribution is 1.98. The molecule has 0 bridgehead atoms. The second-order valence-electron chi connectivity index (χ2n) is 2.91. The Labute approximate surface area is 72.4 Å². The van der Waals surface area contributed by atoms with Crippen molar-refractivity contribution in [3.05, 3.63) is 11.8 Å². The molecule has 0 radical (unpaired) electrons. The minimum absolute atomic E-state index is 0.497. The summed E-state index contributed by atoms with van der Waals surface area (Å²) in [6.45, 7) is 6.72. The highest BCUT2D eigenvalue weighted by Gasteiger charge is 2.03. The van der Waals surface area contributed by atoms with Gasteiger partial charge in [-0.05, 0) is 13.3 Å². The Balaban J connectivity index is 2.33. The summed E-state index contributed by atoms with van der Waals surface area (Å²) >= 11 is 0. The predicted octanol–water partition coefficient (Wildman–Crippen LogP) is 1.27. The van der Waals surface area contributed by atoms with Gasteiger partial charge in [-0.25, -0.2) is 0 Å². The lowest BCUT2D eigenvalue weighted by molar-refractivity contribution is 0.424. The van der Waals surface area contributed by atoms with Crippen LogP contribution in [0.5, 0.6) is 0 Å². The molecule has 0 aliphatic rings. The molecular weight excluding hydrogens is 154 g/mol. The number of hydrogen-bond donors (Lipinski definition) is 1. The minimum Gasteiger partial charge on any atom is -0.424 e. The molecule has 1 N–H and O–H groups in total. The van der Waals surface area contributed by atoms with Crippen molar-refractivity contribution in [2.75, 3.05) is 0 Å². The van der Waals surface area contributed by atoms with Gasteiger partial charge >= 0.3 is 0 Å². The van der Waals surface area contributed by atoms with Crippen LogP contribution in [-0.4, -0.2) is 16.2 Å². The van der Waals surface area contributed by atoms with Crippen LogP contribution < -0.4 is 5.32 Å². The Kier molecular flexibility index (Phi) is 3.22. The third-order valence-corrected chi connectivity index (χ3v) is 1.78. The Morgan fingerprint density at radius 1 is 1.50 bits per heavy atom. The monoisotopic (exact) mass is 169 g/mol. The van der Waals surface area contributed by atoms with Gasteiger partial charge < -0.3 is 9.73 Å². The van der Waals surface area contributed by atoms with Crippen molar-refractivity contribution in [1.29, 1.82) is 0 Å². The van der Waals surface area contributed by atoms with E-state index in [-0.39, 0.29) is 0 Å². The SMILES string of the molecule is CCC(C)NCc1nnc(C)o1. The minimum atomic E-state index is 0.497. The van der Waals surface area contributed by atoms with Gasteiger partial charge in [0.1, 0.15) is 0 Å². The lowest BCUT2D eigenvalue weighted by Gasteiger charge is -2.07. The standard InChI is InChI=1S/C8H15N3O/c1-4-6(2)9-5-8-11-10-7(3)12-8/h6,9H,4-5H2,1-3H3. The number of aromatic nitrogens is 2. The quantitative estimate of drug-likeness (QED) is 0.737. The summed E-state index contributed by atoms with van der Waals surface area (Å²) in [7, 11) is 0. The Bertz CT molecular complexity index is 234. The van der Waals surface area contributed by atoms with Gasteiger partial charge in [-0.2, -0.15) is 0 Å². The molecule has 4 nitrogen and oxygen atoms in total. The van der Waals surface area contributed by atoms with Gasteiger partial charge in [0.15, 0.2) is 0 Å². The van der Waals surface area contributed by atoms with Crippen molar-refractivity contribution in [1.82, 2.24) is 15.5 Å². The number of nitrogens with zero attached hydrogens (tertiary/aromatic N) is 2. The topological polar surface area (TPSA) is 51.0 Å². The van der Waals surface area contributed by atoms with Crippen molar-refractivity contribution in [2.24, 2.45) is 0 Å². The summed E-state index contributed by atoms with van der Waals surface area (Å²) in [5.74, 6) is 1.28. The fourth-order valence-corrected chi connectivity index (χ4v) is 0.815. The molecule has 0 fully saturated rings. The zero-order valence-corrected chi connectivity index (χ0v) is 7.79. The van der Waals surface area contributed by atoms with E-state index in [4.69, 9.17) is 4.42 Å². The zero-order valence-electron chi connectivity index (χ0n) is 7.79. The first-order valence-electron chi connectivity index (χ1n) is 4.24. The van der Waals surface area contributed by atoms with Crippen LogP contribution >= 0.6 is 0 Å². The molecule has 68 valence electrons. The summed E-state index contributed by atoms with van der Waals surface area (Å²) in [6, 6.07) is 0.497. The summed E-state index contributed by atoms with van der Waals surface area (Å²) in [5, 5.41) is 10.9. The van der Waals surface area contributed by atoms with E-state index in [2.05, 4.69) is 29.4 Å². The number of rotatable bonds is 4. The maximum Gasteiger partial charge on any atom is 0.230 e. The second kappa shape index (κ2) is 4.21. The smallest absolute Gasteiger partial charge is 0.230 e. The third-order valence-electron chi connectivity index (χ3n) is 1.78. The molecular formula is C8H15N3O. The largest absolute Gasteiger partial charge is 0.424 e. The average molecular weight is 169 g/mol. The molecule has 0 saturated heterocycles. The Morgan fingerprint density at radius 2 is 2.25 bits per heavy atom. The second-order valence-corrected chi connectivity index (χ2v) is 2.91. The first kappa shape index (κ1) is 9.19. The van der Waals surface area contributed by atoms with Crippen molar-refractivity contribution in [3.63, 3.8) is 0 Å². The van der Waals surface area contributed by atoms with Crippen LogP contribution in [-0.2, 0) is 6.54 Å². The van der Waals surface area contributed by atoms with Crippen molar-refractivity contribution in [3.8, 4) is 0 Å². The van der Waals surface area contributed by atoms with Gasteiger partial charge in [0.05, 0.1) is 6.54 Å². The fourth-order valence-electron chi connectivity index (χ4n) is 0.815.